The largest absolute Gasteiger partial charge is 0.490 e. The Kier molecular flexibility index (Phi) is 11.6. The fraction of sp³-hybridized carbons (Fsp3) is 0.652. The van der Waals surface area contributed by atoms with Crippen molar-refractivity contribution in [1.82, 2.24) is 20.4 Å². The van der Waals surface area contributed by atoms with Crippen molar-refractivity contribution in [2.45, 2.75) is 25.8 Å². The van der Waals surface area contributed by atoms with Crippen molar-refractivity contribution >= 4 is 35.8 Å². The van der Waals surface area contributed by atoms with E-state index in [4.69, 9.17) is 9.47 Å². The fourth-order valence-corrected chi connectivity index (χ4v) is 3.28. The van der Waals surface area contributed by atoms with E-state index in [9.17, 15) is 9.18 Å². The van der Waals surface area contributed by atoms with Gasteiger partial charge in [0.1, 0.15) is 6.54 Å². The SMILES string of the molecule is CC(NC(=NCC(=O)N(C)C)NCCN1CCOCC1)c1ccc(OCC2CC2)c(F)c1.I. The van der Waals surface area contributed by atoms with E-state index in [0.29, 0.717) is 30.8 Å². The van der Waals surface area contributed by atoms with Crippen LogP contribution in [0.15, 0.2) is 23.2 Å². The highest BCUT2D eigenvalue weighted by Gasteiger charge is 2.22. The number of benzene rings is 1. The molecule has 0 bridgehead atoms. The van der Waals surface area contributed by atoms with Crippen molar-refractivity contribution in [3.05, 3.63) is 29.6 Å². The van der Waals surface area contributed by atoms with Crippen LogP contribution in [-0.4, -0.2) is 88.3 Å². The average Bonchev–Trinajstić information content (AvgIpc) is 3.61. The van der Waals surface area contributed by atoms with Crippen LogP contribution in [0.2, 0.25) is 0 Å². The minimum absolute atomic E-state index is 0. The van der Waals surface area contributed by atoms with Gasteiger partial charge in [0.15, 0.2) is 17.5 Å². The highest BCUT2D eigenvalue weighted by Crippen LogP contribution is 2.30. The second-order valence-electron chi connectivity index (χ2n) is 8.64. The van der Waals surface area contributed by atoms with E-state index in [0.717, 1.165) is 51.3 Å². The van der Waals surface area contributed by atoms with Crippen molar-refractivity contribution in [3.63, 3.8) is 0 Å². The third kappa shape index (κ3) is 9.62. The first-order chi connectivity index (χ1) is 15.4. The Bertz CT molecular complexity index is 785. The number of hydrogen-bond donors (Lipinski definition) is 2. The van der Waals surface area contributed by atoms with Crippen LogP contribution in [-0.2, 0) is 9.53 Å². The van der Waals surface area contributed by atoms with E-state index in [1.54, 1.807) is 20.2 Å². The zero-order chi connectivity index (χ0) is 22.9. The number of carbonyl (C=O) groups excluding carboxylic acids is 1. The van der Waals surface area contributed by atoms with Gasteiger partial charge in [-0.3, -0.25) is 9.69 Å². The molecule has 2 aliphatic rings. The van der Waals surface area contributed by atoms with Crippen molar-refractivity contribution in [2.75, 3.05) is 66.6 Å². The second-order valence-corrected chi connectivity index (χ2v) is 8.64. The van der Waals surface area contributed by atoms with Gasteiger partial charge in [-0.25, -0.2) is 9.38 Å². The van der Waals surface area contributed by atoms with Gasteiger partial charge in [-0.05, 0) is 43.4 Å². The van der Waals surface area contributed by atoms with E-state index in [2.05, 4.69) is 20.5 Å². The van der Waals surface area contributed by atoms with Gasteiger partial charge in [-0.15, -0.1) is 24.0 Å². The molecule has 1 aliphatic heterocycles. The monoisotopic (exact) mass is 577 g/mol. The zero-order valence-corrected chi connectivity index (χ0v) is 22.1. The molecule has 1 saturated heterocycles. The first kappa shape index (κ1) is 27.6. The van der Waals surface area contributed by atoms with Gasteiger partial charge in [-0.2, -0.15) is 0 Å². The summed E-state index contributed by atoms with van der Waals surface area (Å²) >= 11 is 0. The lowest BCUT2D eigenvalue weighted by molar-refractivity contribution is -0.127. The van der Waals surface area contributed by atoms with Crippen LogP contribution < -0.4 is 15.4 Å². The summed E-state index contributed by atoms with van der Waals surface area (Å²) < 4.78 is 25.5. The molecule has 0 spiro atoms. The Morgan fingerprint density at radius 1 is 1.33 bits per heavy atom. The lowest BCUT2D eigenvalue weighted by Crippen LogP contribution is -2.45. The predicted octanol–water partition coefficient (Wildman–Crippen LogP) is 2.25. The molecule has 2 N–H and O–H groups in total. The maximum absolute atomic E-state index is 14.5. The van der Waals surface area contributed by atoms with Gasteiger partial charge in [0.2, 0.25) is 5.91 Å². The van der Waals surface area contributed by atoms with Gasteiger partial charge in [0.05, 0.1) is 25.9 Å². The van der Waals surface area contributed by atoms with E-state index < -0.39 is 0 Å². The first-order valence-electron chi connectivity index (χ1n) is 11.4. The number of aliphatic imine (C=N–C) groups is 1. The Hall–Kier alpha value is -1.66. The van der Waals surface area contributed by atoms with Crippen molar-refractivity contribution < 1.29 is 18.7 Å². The molecule has 10 heteroatoms. The highest BCUT2D eigenvalue weighted by molar-refractivity contribution is 14.0. The van der Waals surface area contributed by atoms with Crippen LogP contribution in [0.4, 0.5) is 4.39 Å². The number of rotatable bonds is 10. The molecule has 8 nitrogen and oxygen atoms in total. The molecule has 1 saturated carbocycles. The number of guanidine groups is 1. The number of carbonyl (C=O) groups is 1. The number of morpholine rings is 1. The molecule has 33 heavy (non-hydrogen) atoms. The number of nitrogens with zero attached hydrogens (tertiary/aromatic N) is 3. The number of hydrogen-bond acceptors (Lipinski definition) is 5. The lowest BCUT2D eigenvalue weighted by Gasteiger charge is -2.27. The molecule has 2 fully saturated rings. The quantitative estimate of drug-likeness (QED) is 0.253. The third-order valence-corrected chi connectivity index (χ3v) is 5.68. The van der Waals surface area contributed by atoms with Crippen LogP contribution >= 0.6 is 24.0 Å². The molecule has 0 radical (unpaired) electrons. The minimum Gasteiger partial charge on any atom is -0.490 e. The van der Waals surface area contributed by atoms with E-state index >= 15 is 0 Å². The van der Waals surface area contributed by atoms with Crippen molar-refractivity contribution in [1.29, 1.82) is 0 Å². The minimum atomic E-state index is -0.363. The van der Waals surface area contributed by atoms with Gasteiger partial charge >= 0.3 is 0 Å². The molecule has 1 atom stereocenters. The molecule has 1 heterocycles. The summed E-state index contributed by atoms with van der Waals surface area (Å²) in [6.07, 6.45) is 2.33. The van der Waals surface area contributed by atoms with Gasteiger partial charge in [0.25, 0.3) is 0 Å². The number of halogens is 2. The molecule has 186 valence electrons. The second kappa shape index (κ2) is 13.9. The summed E-state index contributed by atoms with van der Waals surface area (Å²) in [4.78, 5) is 20.3. The molecule has 1 aromatic rings. The van der Waals surface area contributed by atoms with E-state index in [1.165, 1.54) is 11.0 Å². The lowest BCUT2D eigenvalue weighted by atomic mass is 10.1. The number of ether oxygens (including phenoxy) is 2. The van der Waals surface area contributed by atoms with Gasteiger partial charge < -0.3 is 25.0 Å². The van der Waals surface area contributed by atoms with Crippen LogP contribution in [0.1, 0.15) is 31.4 Å². The summed E-state index contributed by atoms with van der Waals surface area (Å²) in [5, 5.41) is 6.58. The Balaban J connectivity index is 0.00000385. The molecule has 1 aliphatic carbocycles. The van der Waals surface area contributed by atoms with Crippen molar-refractivity contribution in [2.24, 2.45) is 10.9 Å². The molecule has 1 amide bonds. The van der Waals surface area contributed by atoms with Crippen LogP contribution in [0, 0.1) is 11.7 Å². The van der Waals surface area contributed by atoms with Crippen molar-refractivity contribution in [3.8, 4) is 5.75 Å². The predicted molar refractivity (Wildman–Crippen MR) is 138 cm³/mol. The summed E-state index contributed by atoms with van der Waals surface area (Å²) in [5.41, 5.74) is 0.780. The molecular formula is C23H37FIN5O3. The first-order valence-corrected chi connectivity index (χ1v) is 11.4. The fourth-order valence-electron chi connectivity index (χ4n) is 3.28. The average molecular weight is 577 g/mol. The number of amides is 1. The van der Waals surface area contributed by atoms with E-state index in [-0.39, 0.29) is 48.3 Å². The summed E-state index contributed by atoms with van der Waals surface area (Å²) in [5.74, 6) is 0.938. The molecule has 0 aromatic heterocycles. The van der Waals surface area contributed by atoms with Crippen LogP contribution in [0.25, 0.3) is 0 Å². The van der Waals surface area contributed by atoms with Crippen LogP contribution in [0.5, 0.6) is 5.75 Å². The maximum atomic E-state index is 14.5. The third-order valence-electron chi connectivity index (χ3n) is 5.68. The molecular weight excluding hydrogens is 540 g/mol. The van der Waals surface area contributed by atoms with Gasteiger partial charge in [0, 0.05) is 40.3 Å². The number of likely N-dealkylation sites (N-methyl/N-ethyl adjacent to an activating group) is 1. The number of nitrogens with one attached hydrogen (secondary N) is 2. The molecule has 1 unspecified atom stereocenters. The highest BCUT2D eigenvalue weighted by atomic mass is 127. The summed E-state index contributed by atoms with van der Waals surface area (Å²) in [6.45, 7) is 7.39. The Morgan fingerprint density at radius 2 is 2.06 bits per heavy atom. The molecule has 1 aromatic carbocycles. The van der Waals surface area contributed by atoms with Gasteiger partial charge in [-0.1, -0.05) is 6.07 Å². The Labute approximate surface area is 213 Å². The van der Waals surface area contributed by atoms with Crippen LogP contribution in [0.3, 0.4) is 0 Å². The van der Waals surface area contributed by atoms with E-state index in [1.807, 2.05) is 13.0 Å². The smallest absolute Gasteiger partial charge is 0.243 e. The summed E-state index contributed by atoms with van der Waals surface area (Å²) in [7, 11) is 3.41. The molecule has 3 rings (SSSR count). The topological polar surface area (TPSA) is 78.4 Å². The zero-order valence-electron chi connectivity index (χ0n) is 19.8. The maximum Gasteiger partial charge on any atom is 0.243 e. The standard InChI is InChI=1S/C23H36FN5O3.HI/c1-17(19-6-7-21(20(24)14-19)32-16-18-4-5-18)27-23(26-15-22(30)28(2)3)25-8-9-29-10-12-31-13-11-29;/h6-7,14,17-18H,4-5,8-13,15-16H2,1-3H3,(H2,25,26,27);1H. The normalized spacial score (nSPS) is 17.6. The Morgan fingerprint density at radius 3 is 2.70 bits per heavy atom. The summed E-state index contributed by atoms with van der Waals surface area (Å²) in [6, 6.07) is 4.84.